The highest BCUT2D eigenvalue weighted by atomic mass is 16.5. The van der Waals surface area contributed by atoms with Crippen LogP contribution in [0.2, 0.25) is 0 Å². The van der Waals surface area contributed by atoms with Crippen molar-refractivity contribution in [2.24, 2.45) is 0 Å². The van der Waals surface area contributed by atoms with Crippen LogP contribution in [0.4, 0.5) is 0 Å². The van der Waals surface area contributed by atoms with Crippen LogP contribution in [0.25, 0.3) is 22.6 Å². The number of benzene rings is 2. The number of methoxy groups -OCH3 is 2. The van der Waals surface area contributed by atoms with Crippen molar-refractivity contribution in [2.75, 3.05) is 20.8 Å². The summed E-state index contributed by atoms with van der Waals surface area (Å²) in [5.74, 6) is 2.13. The van der Waals surface area contributed by atoms with Crippen LogP contribution in [-0.2, 0) is 19.5 Å². The summed E-state index contributed by atoms with van der Waals surface area (Å²) in [4.78, 5) is 27.4. The van der Waals surface area contributed by atoms with E-state index in [0.29, 0.717) is 18.9 Å². The summed E-state index contributed by atoms with van der Waals surface area (Å²) in [5, 5.41) is 0. The lowest BCUT2D eigenvalue weighted by Gasteiger charge is -2.27. The van der Waals surface area contributed by atoms with Crippen LogP contribution in [0.1, 0.15) is 16.8 Å². The quantitative estimate of drug-likeness (QED) is 0.473. The highest BCUT2D eigenvalue weighted by Crippen LogP contribution is 2.32. The van der Waals surface area contributed by atoms with Gasteiger partial charge in [-0.15, -0.1) is 0 Å². The third-order valence-corrected chi connectivity index (χ3v) is 6.11. The lowest BCUT2D eigenvalue weighted by atomic mass is 10.1. The Hall–Kier alpha value is -3.97. The Kier molecular flexibility index (Phi) is 6.10. The fourth-order valence-corrected chi connectivity index (χ4v) is 4.30. The van der Waals surface area contributed by atoms with E-state index in [1.54, 1.807) is 14.2 Å². The molecule has 0 fully saturated rings. The Morgan fingerprint density at radius 2 is 1.88 bits per heavy atom. The molecule has 172 valence electrons. The maximum Gasteiger partial charge on any atom is 0.255 e. The molecule has 0 atom stereocenters. The first-order valence-corrected chi connectivity index (χ1v) is 11.2. The molecule has 1 aliphatic heterocycles. The molecule has 4 aromatic rings. The number of nitrogens with one attached hydrogen (secondary N) is 1. The Labute approximate surface area is 198 Å². The van der Waals surface area contributed by atoms with Crippen molar-refractivity contribution in [2.45, 2.75) is 19.5 Å². The van der Waals surface area contributed by atoms with Gasteiger partial charge < -0.3 is 14.5 Å². The van der Waals surface area contributed by atoms with Gasteiger partial charge in [0, 0.05) is 43.4 Å². The molecule has 0 radical (unpaired) electrons. The van der Waals surface area contributed by atoms with Gasteiger partial charge in [-0.2, -0.15) is 0 Å². The second-order valence-electron chi connectivity index (χ2n) is 8.28. The van der Waals surface area contributed by atoms with E-state index in [-0.39, 0.29) is 5.56 Å². The van der Waals surface area contributed by atoms with Gasteiger partial charge in [-0.1, -0.05) is 36.4 Å². The number of fused-ring (bicyclic) bond motifs is 1. The summed E-state index contributed by atoms with van der Waals surface area (Å²) >= 11 is 0. The Morgan fingerprint density at radius 1 is 1.03 bits per heavy atom. The van der Waals surface area contributed by atoms with Crippen LogP contribution in [0.3, 0.4) is 0 Å². The van der Waals surface area contributed by atoms with Gasteiger partial charge in [0.2, 0.25) is 0 Å². The SMILES string of the molecule is COc1ccc(OC)c(-c2ccc(CN3CCc4nc(-c5ccccc5)[nH]c(=O)c4C3)cn2)c1. The summed E-state index contributed by atoms with van der Waals surface area (Å²) in [6.45, 7) is 2.11. The largest absolute Gasteiger partial charge is 0.497 e. The van der Waals surface area contributed by atoms with E-state index in [1.165, 1.54) is 0 Å². The first kappa shape index (κ1) is 21.9. The molecule has 0 saturated carbocycles. The highest BCUT2D eigenvalue weighted by molar-refractivity contribution is 5.69. The van der Waals surface area contributed by atoms with Gasteiger partial charge in [0.1, 0.15) is 17.3 Å². The Balaban J connectivity index is 1.32. The zero-order valence-electron chi connectivity index (χ0n) is 19.2. The number of nitrogens with zero attached hydrogens (tertiary/aromatic N) is 3. The monoisotopic (exact) mass is 454 g/mol. The lowest BCUT2D eigenvalue weighted by Crippen LogP contribution is -2.35. The zero-order valence-corrected chi connectivity index (χ0v) is 19.2. The number of aromatic nitrogens is 3. The van der Waals surface area contributed by atoms with Crippen LogP contribution in [0.15, 0.2) is 71.7 Å². The van der Waals surface area contributed by atoms with Gasteiger partial charge in [-0.3, -0.25) is 14.7 Å². The summed E-state index contributed by atoms with van der Waals surface area (Å²) in [6.07, 6.45) is 2.62. The molecule has 0 bridgehead atoms. The zero-order chi connectivity index (χ0) is 23.5. The maximum absolute atomic E-state index is 12.8. The number of pyridine rings is 1. The first-order valence-electron chi connectivity index (χ1n) is 11.2. The minimum atomic E-state index is -0.0628. The molecule has 1 N–H and O–H groups in total. The maximum atomic E-state index is 12.8. The molecule has 0 saturated heterocycles. The molecule has 2 aromatic carbocycles. The number of hydrogen-bond acceptors (Lipinski definition) is 6. The molecule has 2 aromatic heterocycles. The van der Waals surface area contributed by atoms with E-state index in [4.69, 9.17) is 14.5 Å². The number of rotatable bonds is 6. The predicted octanol–water partition coefficient (Wildman–Crippen LogP) is 4.07. The topological polar surface area (TPSA) is 80.3 Å². The molecule has 7 heteroatoms. The second-order valence-corrected chi connectivity index (χ2v) is 8.28. The summed E-state index contributed by atoms with van der Waals surface area (Å²) < 4.78 is 10.8. The number of aromatic amines is 1. The van der Waals surface area contributed by atoms with E-state index in [9.17, 15) is 4.79 Å². The van der Waals surface area contributed by atoms with Gasteiger partial charge in [0.25, 0.3) is 5.56 Å². The van der Waals surface area contributed by atoms with Gasteiger partial charge in [0.05, 0.1) is 31.2 Å². The summed E-state index contributed by atoms with van der Waals surface area (Å²) in [7, 11) is 3.29. The molecule has 5 rings (SSSR count). The van der Waals surface area contributed by atoms with Crippen molar-refractivity contribution in [1.82, 2.24) is 19.9 Å². The number of ether oxygens (including phenoxy) is 2. The fourth-order valence-electron chi connectivity index (χ4n) is 4.30. The molecular weight excluding hydrogens is 428 g/mol. The van der Waals surface area contributed by atoms with Crippen molar-refractivity contribution < 1.29 is 9.47 Å². The normalized spacial score (nSPS) is 13.4. The molecule has 0 amide bonds. The minimum Gasteiger partial charge on any atom is -0.497 e. The average molecular weight is 455 g/mol. The second kappa shape index (κ2) is 9.49. The third kappa shape index (κ3) is 4.43. The van der Waals surface area contributed by atoms with Crippen molar-refractivity contribution in [3.63, 3.8) is 0 Å². The van der Waals surface area contributed by atoms with Gasteiger partial charge in [0.15, 0.2) is 0 Å². The number of H-pyrrole nitrogens is 1. The van der Waals surface area contributed by atoms with Gasteiger partial charge in [-0.05, 0) is 29.8 Å². The third-order valence-electron chi connectivity index (χ3n) is 6.11. The summed E-state index contributed by atoms with van der Waals surface area (Å²) in [5.41, 5.74) is 5.27. The molecule has 7 nitrogen and oxygen atoms in total. The van der Waals surface area contributed by atoms with Crippen molar-refractivity contribution in [3.05, 3.63) is 94.0 Å². The minimum absolute atomic E-state index is 0.0628. The van der Waals surface area contributed by atoms with E-state index >= 15 is 0 Å². The molecule has 3 heterocycles. The fraction of sp³-hybridized carbons (Fsp3) is 0.222. The molecular formula is C27H26N4O3. The lowest BCUT2D eigenvalue weighted by molar-refractivity contribution is 0.241. The predicted molar refractivity (Wildman–Crippen MR) is 131 cm³/mol. The van der Waals surface area contributed by atoms with Crippen LogP contribution >= 0.6 is 0 Å². The van der Waals surface area contributed by atoms with Gasteiger partial charge >= 0.3 is 0 Å². The first-order chi connectivity index (χ1) is 16.6. The van der Waals surface area contributed by atoms with Crippen LogP contribution in [0.5, 0.6) is 11.5 Å². The average Bonchev–Trinajstić information content (AvgIpc) is 2.89. The van der Waals surface area contributed by atoms with Crippen LogP contribution < -0.4 is 15.0 Å². The van der Waals surface area contributed by atoms with Crippen molar-refractivity contribution in [3.8, 4) is 34.1 Å². The van der Waals surface area contributed by atoms with Crippen LogP contribution in [-0.4, -0.2) is 40.6 Å². The van der Waals surface area contributed by atoms with Crippen molar-refractivity contribution in [1.29, 1.82) is 0 Å². The Bertz CT molecular complexity index is 1350. The highest BCUT2D eigenvalue weighted by Gasteiger charge is 2.22. The van der Waals surface area contributed by atoms with E-state index in [0.717, 1.165) is 58.1 Å². The smallest absolute Gasteiger partial charge is 0.255 e. The molecule has 0 aliphatic carbocycles. The molecule has 1 aliphatic rings. The van der Waals surface area contributed by atoms with E-state index in [1.807, 2.05) is 60.8 Å². The van der Waals surface area contributed by atoms with E-state index in [2.05, 4.69) is 20.9 Å². The standard InChI is InChI=1S/C27H26N4O3/c1-33-20-9-11-25(34-2)21(14-20)23-10-8-18(15-28-23)16-31-13-12-24-22(17-31)27(32)30-26(29-24)19-6-4-3-5-7-19/h3-11,14-15H,12-13,16-17H2,1-2H3,(H,29,30,32). The molecule has 34 heavy (non-hydrogen) atoms. The van der Waals surface area contributed by atoms with Crippen LogP contribution in [0, 0.1) is 0 Å². The number of hydrogen-bond donors (Lipinski definition) is 1. The molecule has 0 spiro atoms. The van der Waals surface area contributed by atoms with E-state index < -0.39 is 0 Å². The summed E-state index contributed by atoms with van der Waals surface area (Å²) in [6, 6.07) is 19.5. The Morgan fingerprint density at radius 3 is 2.62 bits per heavy atom. The molecule has 0 unspecified atom stereocenters. The van der Waals surface area contributed by atoms with Gasteiger partial charge in [-0.25, -0.2) is 4.98 Å². The van der Waals surface area contributed by atoms with Crippen molar-refractivity contribution >= 4 is 0 Å².